The summed E-state index contributed by atoms with van der Waals surface area (Å²) in [6.45, 7) is 0. The van der Waals surface area contributed by atoms with Gasteiger partial charge in [-0.3, -0.25) is 4.79 Å². The van der Waals surface area contributed by atoms with Crippen LogP contribution < -0.4 is 19.6 Å². The molecule has 0 unspecified atom stereocenters. The highest BCUT2D eigenvalue weighted by Crippen LogP contribution is 2.33. The number of carbonyl (C=O) groups is 1. The van der Waals surface area contributed by atoms with E-state index in [1.807, 2.05) is 24.3 Å². The van der Waals surface area contributed by atoms with E-state index in [2.05, 4.69) is 15.5 Å². The third-order valence-electron chi connectivity index (χ3n) is 3.87. The molecule has 1 aromatic heterocycles. The predicted molar refractivity (Wildman–Crippen MR) is 99.5 cm³/mol. The van der Waals surface area contributed by atoms with E-state index in [0.29, 0.717) is 22.7 Å². The molecule has 0 aliphatic heterocycles. The van der Waals surface area contributed by atoms with E-state index >= 15 is 0 Å². The van der Waals surface area contributed by atoms with Crippen molar-refractivity contribution < 1.29 is 19.0 Å². The van der Waals surface area contributed by atoms with E-state index in [4.69, 9.17) is 14.2 Å². The minimum Gasteiger partial charge on any atom is -0.497 e. The fourth-order valence-corrected chi connectivity index (χ4v) is 2.59. The van der Waals surface area contributed by atoms with Crippen LogP contribution in [0.15, 0.2) is 47.6 Å². The molecule has 0 saturated carbocycles. The van der Waals surface area contributed by atoms with Gasteiger partial charge in [-0.2, -0.15) is 5.10 Å². The van der Waals surface area contributed by atoms with Gasteiger partial charge in [0.2, 0.25) is 0 Å². The number of nitrogens with zero attached hydrogens (tertiary/aromatic N) is 1. The molecular formula is C19H19N3O4. The second kappa shape index (κ2) is 7.60. The first-order chi connectivity index (χ1) is 12.7. The minimum atomic E-state index is -0.371. The van der Waals surface area contributed by atoms with Crippen LogP contribution in [0.3, 0.4) is 0 Å². The molecule has 26 heavy (non-hydrogen) atoms. The summed E-state index contributed by atoms with van der Waals surface area (Å²) in [5.74, 6) is 1.62. The van der Waals surface area contributed by atoms with Crippen molar-refractivity contribution in [1.29, 1.82) is 0 Å². The number of benzene rings is 2. The van der Waals surface area contributed by atoms with Gasteiger partial charge in [0.1, 0.15) is 22.9 Å². The van der Waals surface area contributed by atoms with Gasteiger partial charge in [0.25, 0.3) is 5.91 Å². The molecule has 2 N–H and O–H groups in total. The summed E-state index contributed by atoms with van der Waals surface area (Å²) in [4.78, 5) is 15.4. The molecule has 0 radical (unpaired) electrons. The largest absolute Gasteiger partial charge is 0.497 e. The maximum atomic E-state index is 12.4. The maximum Gasteiger partial charge on any atom is 0.287 e. The molecule has 3 aromatic rings. The highest BCUT2D eigenvalue weighted by Gasteiger charge is 2.15. The van der Waals surface area contributed by atoms with Crippen molar-refractivity contribution in [2.45, 2.75) is 0 Å². The van der Waals surface area contributed by atoms with Crippen LogP contribution in [0.25, 0.3) is 10.9 Å². The number of carbonyl (C=O) groups excluding carboxylic acids is 1. The summed E-state index contributed by atoms with van der Waals surface area (Å²) in [6.07, 6.45) is 1.55. The quantitative estimate of drug-likeness (QED) is 0.527. The van der Waals surface area contributed by atoms with Crippen LogP contribution in [0.4, 0.5) is 0 Å². The minimum absolute atomic E-state index is 0.352. The molecule has 0 saturated heterocycles. The summed E-state index contributed by atoms with van der Waals surface area (Å²) in [5.41, 5.74) is 4.35. The van der Waals surface area contributed by atoms with Crippen LogP contribution >= 0.6 is 0 Å². The first kappa shape index (κ1) is 17.3. The number of amides is 1. The fraction of sp³-hybridized carbons (Fsp3) is 0.158. The van der Waals surface area contributed by atoms with Gasteiger partial charge in [-0.05, 0) is 35.9 Å². The number of aromatic amines is 1. The highest BCUT2D eigenvalue weighted by atomic mass is 16.5. The molecule has 0 aliphatic rings. The highest BCUT2D eigenvalue weighted by molar-refractivity contribution is 6.01. The van der Waals surface area contributed by atoms with Gasteiger partial charge in [-0.1, -0.05) is 12.1 Å². The zero-order valence-corrected chi connectivity index (χ0v) is 14.7. The molecule has 0 spiro atoms. The van der Waals surface area contributed by atoms with Gasteiger partial charge in [0, 0.05) is 5.39 Å². The molecular weight excluding hydrogens is 334 g/mol. The lowest BCUT2D eigenvalue weighted by Gasteiger charge is -2.05. The number of rotatable bonds is 6. The summed E-state index contributed by atoms with van der Waals surface area (Å²) in [6, 6.07) is 12.6. The first-order valence-corrected chi connectivity index (χ1v) is 7.87. The van der Waals surface area contributed by atoms with Crippen molar-refractivity contribution in [3.63, 3.8) is 0 Å². The van der Waals surface area contributed by atoms with Crippen LogP contribution in [0, 0.1) is 0 Å². The number of nitrogens with one attached hydrogen (secondary N) is 2. The molecule has 1 amide bonds. The van der Waals surface area contributed by atoms with Crippen molar-refractivity contribution in [3.8, 4) is 17.2 Å². The molecule has 0 bridgehead atoms. The zero-order valence-electron chi connectivity index (χ0n) is 14.7. The van der Waals surface area contributed by atoms with E-state index in [9.17, 15) is 4.79 Å². The predicted octanol–water partition coefficient (Wildman–Crippen LogP) is 2.96. The number of hydrogen-bond donors (Lipinski definition) is 2. The van der Waals surface area contributed by atoms with Crippen LogP contribution in [-0.2, 0) is 0 Å². The normalized spacial score (nSPS) is 10.9. The zero-order chi connectivity index (χ0) is 18.5. The Morgan fingerprint density at radius 3 is 2.54 bits per heavy atom. The van der Waals surface area contributed by atoms with Crippen molar-refractivity contribution in [1.82, 2.24) is 10.4 Å². The molecule has 1 heterocycles. The topological polar surface area (TPSA) is 84.9 Å². The monoisotopic (exact) mass is 353 g/mol. The standard InChI is InChI=1S/C19H19N3O4/c1-24-13-6-4-5-12(9-13)11-20-22-19(23)15-10-14-16(25-2)7-8-17(26-3)18(14)21-15/h4-11,21H,1-3H3,(H,22,23). The Hall–Kier alpha value is -3.48. The van der Waals surface area contributed by atoms with Crippen molar-refractivity contribution in [2.75, 3.05) is 21.3 Å². The average molecular weight is 353 g/mol. The van der Waals surface area contributed by atoms with Gasteiger partial charge in [-0.25, -0.2) is 5.43 Å². The summed E-state index contributed by atoms with van der Waals surface area (Å²) in [7, 11) is 4.74. The number of fused-ring (bicyclic) bond motifs is 1. The number of aromatic nitrogens is 1. The van der Waals surface area contributed by atoms with Crippen molar-refractivity contribution in [2.24, 2.45) is 5.10 Å². The molecule has 7 heteroatoms. The smallest absolute Gasteiger partial charge is 0.287 e. The molecule has 134 valence electrons. The van der Waals surface area contributed by atoms with Gasteiger partial charge >= 0.3 is 0 Å². The Morgan fingerprint density at radius 2 is 1.81 bits per heavy atom. The fourth-order valence-electron chi connectivity index (χ4n) is 2.59. The third-order valence-corrected chi connectivity index (χ3v) is 3.87. The molecule has 0 aliphatic carbocycles. The van der Waals surface area contributed by atoms with Gasteiger partial charge < -0.3 is 19.2 Å². The van der Waals surface area contributed by atoms with Crippen LogP contribution in [-0.4, -0.2) is 38.4 Å². The van der Waals surface area contributed by atoms with Crippen LogP contribution in [0.5, 0.6) is 17.2 Å². The van der Waals surface area contributed by atoms with E-state index < -0.39 is 0 Å². The van der Waals surface area contributed by atoms with E-state index in [-0.39, 0.29) is 5.91 Å². The lowest BCUT2D eigenvalue weighted by molar-refractivity contribution is 0.0951. The van der Waals surface area contributed by atoms with Crippen LogP contribution in [0.2, 0.25) is 0 Å². The lowest BCUT2D eigenvalue weighted by atomic mass is 10.2. The Labute approximate surface area is 150 Å². The number of hydrogen-bond acceptors (Lipinski definition) is 5. The Bertz CT molecular complexity index is 922. The second-order valence-electron chi connectivity index (χ2n) is 5.42. The molecule has 7 nitrogen and oxygen atoms in total. The van der Waals surface area contributed by atoms with Crippen molar-refractivity contribution in [3.05, 3.63) is 53.7 Å². The van der Waals surface area contributed by atoms with E-state index in [0.717, 1.165) is 16.7 Å². The molecule has 3 rings (SSSR count). The second-order valence-corrected chi connectivity index (χ2v) is 5.42. The third kappa shape index (κ3) is 3.46. The number of ether oxygens (including phenoxy) is 3. The Kier molecular flexibility index (Phi) is 5.07. The molecule has 0 atom stereocenters. The Morgan fingerprint density at radius 1 is 1.04 bits per heavy atom. The molecule has 2 aromatic carbocycles. The SMILES string of the molecule is COc1cccc(C=NNC(=O)c2cc3c(OC)ccc(OC)c3[nH]2)c1. The Balaban J connectivity index is 1.80. The van der Waals surface area contributed by atoms with Gasteiger partial charge in [0.05, 0.1) is 33.1 Å². The van der Waals surface area contributed by atoms with E-state index in [1.165, 1.54) is 0 Å². The summed E-state index contributed by atoms with van der Waals surface area (Å²) in [5, 5.41) is 4.74. The maximum absolute atomic E-state index is 12.4. The average Bonchev–Trinajstić information content (AvgIpc) is 3.13. The van der Waals surface area contributed by atoms with E-state index in [1.54, 1.807) is 45.7 Å². The van der Waals surface area contributed by atoms with Gasteiger partial charge in [-0.15, -0.1) is 0 Å². The number of methoxy groups -OCH3 is 3. The first-order valence-electron chi connectivity index (χ1n) is 7.87. The number of H-pyrrole nitrogens is 1. The lowest BCUT2D eigenvalue weighted by Crippen LogP contribution is -2.17. The van der Waals surface area contributed by atoms with Gasteiger partial charge in [0.15, 0.2) is 0 Å². The number of hydrazone groups is 1. The molecule has 0 fully saturated rings. The van der Waals surface area contributed by atoms with Crippen molar-refractivity contribution >= 4 is 23.0 Å². The summed E-state index contributed by atoms with van der Waals surface area (Å²) < 4.78 is 15.8. The summed E-state index contributed by atoms with van der Waals surface area (Å²) >= 11 is 0. The van der Waals surface area contributed by atoms with Crippen LogP contribution in [0.1, 0.15) is 16.1 Å².